The van der Waals surface area contributed by atoms with Crippen LogP contribution in [0.1, 0.15) is 12.8 Å². The summed E-state index contributed by atoms with van der Waals surface area (Å²) >= 11 is 0. The van der Waals surface area contributed by atoms with Gasteiger partial charge in [-0.3, -0.25) is 4.79 Å². The van der Waals surface area contributed by atoms with E-state index in [2.05, 4.69) is 15.0 Å². The van der Waals surface area contributed by atoms with Gasteiger partial charge >= 0.3 is 5.97 Å². The highest BCUT2D eigenvalue weighted by molar-refractivity contribution is 5.75. The van der Waals surface area contributed by atoms with E-state index in [1.807, 2.05) is 18.3 Å². The average molecular weight is 275 g/mol. The first-order chi connectivity index (χ1) is 9.69. The molecule has 0 radical (unpaired) electrons. The summed E-state index contributed by atoms with van der Waals surface area (Å²) in [6, 6.07) is 3.88. The third kappa shape index (κ3) is 2.15. The number of piperidine rings is 1. The summed E-state index contributed by atoms with van der Waals surface area (Å²) in [6.07, 6.45) is 3.62. The molecule has 7 nitrogen and oxygen atoms in total. The molecule has 106 valence electrons. The van der Waals surface area contributed by atoms with Crippen LogP contribution in [-0.4, -0.2) is 40.8 Å². The lowest BCUT2D eigenvalue weighted by molar-refractivity contribution is -0.145. The number of carbonyl (C=O) groups is 1. The maximum Gasteiger partial charge on any atom is 0.310 e. The van der Waals surface area contributed by atoms with Crippen LogP contribution in [0.3, 0.4) is 0 Å². The van der Waals surface area contributed by atoms with Crippen LogP contribution in [-0.2, 0) is 9.53 Å². The van der Waals surface area contributed by atoms with Crippen molar-refractivity contribution in [2.24, 2.45) is 5.92 Å². The number of hydrogen-bond donors (Lipinski definition) is 1. The lowest BCUT2D eigenvalue weighted by Crippen LogP contribution is -2.39. The smallest absolute Gasteiger partial charge is 0.310 e. The normalized spacial score (nSPS) is 19.2. The van der Waals surface area contributed by atoms with Crippen molar-refractivity contribution in [1.82, 2.24) is 14.6 Å². The van der Waals surface area contributed by atoms with Crippen molar-refractivity contribution in [3.63, 3.8) is 0 Å². The molecule has 2 aromatic rings. The van der Waals surface area contributed by atoms with E-state index in [-0.39, 0.29) is 17.8 Å². The van der Waals surface area contributed by atoms with Crippen molar-refractivity contribution in [3.8, 4) is 0 Å². The zero-order chi connectivity index (χ0) is 14.1. The number of anilines is 2. The fourth-order valence-electron chi connectivity index (χ4n) is 2.71. The molecule has 0 amide bonds. The molecule has 1 unspecified atom stereocenters. The maximum atomic E-state index is 11.7. The minimum Gasteiger partial charge on any atom is -0.469 e. The molecule has 1 aliphatic rings. The molecule has 1 saturated heterocycles. The third-order valence-corrected chi connectivity index (χ3v) is 3.65. The Labute approximate surface area is 116 Å². The number of nitrogens with two attached hydrogens (primary N) is 1. The Morgan fingerprint density at radius 2 is 2.40 bits per heavy atom. The first-order valence-corrected chi connectivity index (χ1v) is 6.62. The van der Waals surface area contributed by atoms with Gasteiger partial charge in [-0.2, -0.15) is 4.98 Å². The summed E-state index contributed by atoms with van der Waals surface area (Å²) in [6.45, 7) is 1.53. The highest BCUT2D eigenvalue weighted by Gasteiger charge is 2.27. The summed E-state index contributed by atoms with van der Waals surface area (Å²) in [5.74, 6) is 0.0101. The second kappa shape index (κ2) is 4.99. The average Bonchev–Trinajstić information content (AvgIpc) is 2.86. The van der Waals surface area contributed by atoms with Gasteiger partial charge < -0.3 is 15.4 Å². The fraction of sp³-hybridized carbons (Fsp3) is 0.462. The quantitative estimate of drug-likeness (QED) is 0.812. The molecule has 0 aliphatic carbocycles. The minimum atomic E-state index is -0.150. The summed E-state index contributed by atoms with van der Waals surface area (Å²) in [5, 5.41) is 4.10. The van der Waals surface area contributed by atoms with Crippen molar-refractivity contribution < 1.29 is 9.53 Å². The van der Waals surface area contributed by atoms with Gasteiger partial charge in [-0.25, -0.2) is 4.52 Å². The summed E-state index contributed by atoms with van der Waals surface area (Å²) in [7, 11) is 1.43. The molecule has 2 N–H and O–H groups in total. The van der Waals surface area contributed by atoms with Gasteiger partial charge in [0.1, 0.15) is 0 Å². The van der Waals surface area contributed by atoms with Crippen molar-refractivity contribution in [2.45, 2.75) is 12.8 Å². The summed E-state index contributed by atoms with van der Waals surface area (Å²) in [5.41, 5.74) is 7.32. The Morgan fingerprint density at radius 1 is 1.55 bits per heavy atom. The van der Waals surface area contributed by atoms with Crippen LogP contribution in [0.4, 0.5) is 11.6 Å². The van der Waals surface area contributed by atoms with Crippen LogP contribution < -0.4 is 10.6 Å². The molecule has 0 aromatic carbocycles. The van der Waals surface area contributed by atoms with Crippen LogP contribution in [0.15, 0.2) is 18.3 Å². The fourth-order valence-corrected chi connectivity index (χ4v) is 2.71. The number of carbonyl (C=O) groups excluding carboxylic acids is 1. The molecule has 2 aromatic heterocycles. The first kappa shape index (κ1) is 12.7. The van der Waals surface area contributed by atoms with Gasteiger partial charge in [0.15, 0.2) is 5.65 Å². The van der Waals surface area contributed by atoms with E-state index in [1.165, 1.54) is 7.11 Å². The van der Waals surface area contributed by atoms with E-state index < -0.39 is 0 Å². The van der Waals surface area contributed by atoms with Crippen molar-refractivity contribution >= 4 is 23.3 Å². The number of hydrogen-bond acceptors (Lipinski definition) is 6. The first-order valence-electron chi connectivity index (χ1n) is 6.62. The van der Waals surface area contributed by atoms with Crippen molar-refractivity contribution in [2.75, 3.05) is 30.8 Å². The number of rotatable bonds is 2. The van der Waals surface area contributed by atoms with E-state index in [4.69, 9.17) is 10.5 Å². The Hall–Kier alpha value is -2.31. The Balaban J connectivity index is 1.92. The topological polar surface area (TPSA) is 85.8 Å². The van der Waals surface area contributed by atoms with Gasteiger partial charge in [0.05, 0.1) is 18.7 Å². The predicted octanol–water partition coefficient (Wildman–Crippen LogP) is 0.701. The van der Waals surface area contributed by atoms with E-state index >= 15 is 0 Å². The monoisotopic (exact) mass is 275 g/mol. The standard InChI is InChI=1S/C13H17N5O2/c1-20-12(19)9-4-2-6-17(8-9)10-5-3-7-18-11(10)15-13(14)16-18/h3,5,7,9H,2,4,6,8H2,1H3,(H2,14,16). The number of fused-ring (bicyclic) bond motifs is 1. The van der Waals surface area contributed by atoms with Crippen LogP contribution in [0, 0.1) is 5.92 Å². The molecule has 0 spiro atoms. The van der Waals surface area contributed by atoms with Crippen molar-refractivity contribution in [3.05, 3.63) is 18.3 Å². The van der Waals surface area contributed by atoms with Gasteiger partial charge in [-0.05, 0) is 25.0 Å². The molecule has 1 fully saturated rings. The molecule has 3 rings (SSSR count). The Kier molecular flexibility index (Phi) is 3.17. The SMILES string of the molecule is COC(=O)C1CCCN(c2cccn3nc(N)nc23)C1. The van der Waals surface area contributed by atoms with Gasteiger partial charge in [0, 0.05) is 19.3 Å². The number of nitrogen functional groups attached to an aromatic ring is 1. The molecule has 3 heterocycles. The third-order valence-electron chi connectivity index (χ3n) is 3.65. The number of nitrogens with zero attached hydrogens (tertiary/aromatic N) is 4. The maximum absolute atomic E-state index is 11.7. The number of esters is 1. The van der Waals surface area contributed by atoms with Crippen LogP contribution >= 0.6 is 0 Å². The highest BCUT2D eigenvalue weighted by atomic mass is 16.5. The molecule has 7 heteroatoms. The van der Waals surface area contributed by atoms with Crippen LogP contribution in [0.25, 0.3) is 5.65 Å². The number of aromatic nitrogens is 3. The number of methoxy groups -OCH3 is 1. The van der Waals surface area contributed by atoms with Crippen molar-refractivity contribution in [1.29, 1.82) is 0 Å². The molecule has 1 atom stereocenters. The van der Waals surface area contributed by atoms with E-state index in [9.17, 15) is 4.79 Å². The Morgan fingerprint density at radius 3 is 3.20 bits per heavy atom. The number of pyridine rings is 1. The second-order valence-electron chi connectivity index (χ2n) is 4.94. The number of ether oxygens (including phenoxy) is 1. The lowest BCUT2D eigenvalue weighted by atomic mass is 9.98. The molecule has 0 saturated carbocycles. The van der Waals surface area contributed by atoms with Crippen LogP contribution in [0.2, 0.25) is 0 Å². The molecular formula is C13H17N5O2. The predicted molar refractivity (Wildman–Crippen MR) is 74.4 cm³/mol. The summed E-state index contributed by atoms with van der Waals surface area (Å²) in [4.78, 5) is 18.1. The van der Waals surface area contributed by atoms with E-state index in [0.29, 0.717) is 6.54 Å². The van der Waals surface area contributed by atoms with E-state index in [1.54, 1.807) is 4.52 Å². The highest BCUT2D eigenvalue weighted by Crippen LogP contribution is 2.26. The molecule has 20 heavy (non-hydrogen) atoms. The van der Waals surface area contributed by atoms with Gasteiger partial charge in [0.2, 0.25) is 5.95 Å². The minimum absolute atomic E-state index is 0.0886. The van der Waals surface area contributed by atoms with Gasteiger partial charge in [-0.1, -0.05) is 0 Å². The zero-order valence-electron chi connectivity index (χ0n) is 11.3. The van der Waals surface area contributed by atoms with Gasteiger partial charge in [0.25, 0.3) is 0 Å². The molecule has 1 aliphatic heterocycles. The van der Waals surface area contributed by atoms with Gasteiger partial charge in [-0.15, -0.1) is 5.10 Å². The largest absolute Gasteiger partial charge is 0.469 e. The molecular weight excluding hydrogens is 258 g/mol. The van der Waals surface area contributed by atoms with Crippen LogP contribution in [0.5, 0.6) is 0 Å². The zero-order valence-corrected chi connectivity index (χ0v) is 11.3. The van der Waals surface area contributed by atoms with E-state index in [0.717, 1.165) is 30.7 Å². The lowest BCUT2D eigenvalue weighted by Gasteiger charge is -2.32. The molecule has 0 bridgehead atoms. The summed E-state index contributed by atoms with van der Waals surface area (Å²) < 4.78 is 6.51. The Bertz CT molecular complexity index is 639. The second-order valence-corrected chi connectivity index (χ2v) is 4.94.